The lowest BCUT2D eigenvalue weighted by atomic mass is 10.1. The van der Waals surface area contributed by atoms with E-state index in [-0.39, 0.29) is 5.54 Å². The van der Waals surface area contributed by atoms with Crippen LogP contribution in [0.2, 0.25) is 0 Å². The fourth-order valence-electron chi connectivity index (χ4n) is 1.36. The molecule has 0 heterocycles. The van der Waals surface area contributed by atoms with Crippen LogP contribution in [0.5, 0.6) is 0 Å². The van der Waals surface area contributed by atoms with Crippen molar-refractivity contribution in [2.45, 2.75) is 32.9 Å². The van der Waals surface area contributed by atoms with E-state index in [0.29, 0.717) is 0 Å². The molecule has 0 aliphatic carbocycles. The summed E-state index contributed by atoms with van der Waals surface area (Å²) in [6.07, 6.45) is 0. The molecule has 1 aromatic rings. The Labute approximate surface area is 112 Å². The van der Waals surface area contributed by atoms with E-state index in [4.69, 9.17) is 0 Å². The van der Waals surface area contributed by atoms with Gasteiger partial charge in [0.25, 0.3) is 0 Å². The fourth-order valence-corrected chi connectivity index (χ4v) is 1.72. The number of halogens is 1. The highest BCUT2D eigenvalue weighted by molar-refractivity contribution is 14.1. The molecule has 0 fully saturated rings. The zero-order valence-corrected chi connectivity index (χ0v) is 12.5. The molecular formula is C13H21IN2. The van der Waals surface area contributed by atoms with Crippen LogP contribution in [0.3, 0.4) is 0 Å². The first kappa shape index (κ1) is 13.9. The molecule has 0 saturated heterocycles. The third kappa shape index (κ3) is 6.45. The molecule has 3 heteroatoms. The van der Waals surface area contributed by atoms with E-state index < -0.39 is 0 Å². The summed E-state index contributed by atoms with van der Waals surface area (Å²) in [7, 11) is 0. The maximum absolute atomic E-state index is 3.45. The minimum Gasteiger partial charge on any atom is -0.311 e. The summed E-state index contributed by atoms with van der Waals surface area (Å²) >= 11 is 2.33. The molecule has 0 spiro atoms. The van der Waals surface area contributed by atoms with Gasteiger partial charge in [-0.15, -0.1) is 0 Å². The van der Waals surface area contributed by atoms with Crippen molar-refractivity contribution in [3.8, 4) is 0 Å². The van der Waals surface area contributed by atoms with Gasteiger partial charge in [0.05, 0.1) is 0 Å². The molecule has 0 bridgehead atoms. The van der Waals surface area contributed by atoms with Gasteiger partial charge in [0.2, 0.25) is 0 Å². The van der Waals surface area contributed by atoms with Crippen molar-refractivity contribution < 1.29 is 0 Å². The van der Waals surface area contributed by atoms with Crippen LogP contribution >= 0.6 is 22.6 Å². The molecule has 2 N–H and O–H groups in total. The van der Waals surface area contributed by atoms with Gasteiger partial charge >= 0.3 is 0 Å². The summed E-state index contributed by atoms with van der Waals surface area (Å²) < 4.78 is 1.29. The van der Waals surface area contributed by atoms with Crippen LogP contribution in [-0.2, 0) is 6.54 Å². The van der Waals surface area contributed by atoms with Gasteiger partial charge in [-0.3, -0.25) is 0 Å². The molecule has 0 atom stereocenters. The van der Waals surface area contributed by atoms with Crippen molar-refractivity contribution in [3.63, 3.8) is 0 Å². The van der Waals surface area contributed by atoms with Crippen LogP contribution in [0, 0.1) is 3.57 Å². The Bertz CT molecular complexity index is 301. The van der Waals surface area contributed by atoms with Crippen LogP contribution < -0.4 is 10.6 Å². The van der Waals surface area contributed by atoms with Crippen LogP contribution in [0.25, 0.3) is 0 Å². The third-order valence-corrected chi connectivity index (χ3v) is 2.92. The Balaban J connectivity index is 2.14. The van der Waals surface area contributed by atoms with E-state index in [1.165, 1.54) is 9.13 Å². The number of nitrogens with one attached hydrogen (secondary N) is 2. The van der Waals surface area contributed by atoms with Gasteiger partial charge in [-0.1, -0.05) is 12.1 Å². The number of benzene rings is 1. The van der Waals surface area contributed by atoms with Crippen molar-refractivity contribution in [2.75, 3.05) is 13.1 Å². The summed E-state index contributed by atoms with van der Waals surface area (Å²) in [5, 5.41) is 6.88. The lowest BCUT2D eigenvalue weighted by Gasteiger charge is -2.20. The lowest BCUT2D eigenvalue weighted by molar-refractivity contribution is 0.421. The molecule has 0 aromatic heterocycles. The normalized spacial score (nSPS) is 11.8. The molecule has 0 unspecified atom stereocenters. The molecule has 0 aliphatic heterocycles. The van der Waals surface area contributed by atoms with Crippen LogP contribution in [0.4, 0.5) is 0 Å². The summed E-state index contributed by atoms with van der Waals surface area (Å²) in [5.74, 6) is 0. The SMILES string of the molecule is CC(C)(C)NCCNCc1ccc(I)cc1. The second-order valence-electron chi connectivity index (χ2n) is 4.98. The Hall–Kier alpha value is -0.130. The molecular weight excluding hydrogens is 311 g/mol. The molecule has 2 nitrogen and oxygen atoms in total. The minimum atomic E-state index is 0.213. The second kappa shape index (κ2) is 6.57. The quantitative estimate of drug-likeness (QED) is 0.640. The predicted molar refractivity (Wildman–Crippen MR) is 78.6 cm³/mol. The standard InChI is InChI=1S/C13H21IN2/c1-13(2,3)16-9-8-15-10-11-4-6-12(14)7-5-11/h4-7,15-16H,8-10H2,1-3H3. The first-order chi connectivity index (χ1) is 7.47. The highest BCUT2D eigenvalue weighted by Gasteiger charge is 2.06. The smallest absolute Gasteiger partial charge is 0.0206 e. The highest BCUT2D eigenvalue weighted by atomic mass is 127. The van der Waals surface area contributed by atoms with Crippen LogP contribution in [0.1, 0.15) is 26.3 Å². The highest BCUT2D eigenvalue weighted by Crippen LogP contribution is 2.06. The summed E-state index contributed by atoms with van der Waals surface area (Å²) in [6.45, 7) is 9.52. The van der Waals surface area contributed by atoms with Gasteiger partial charge in [0, 0.05) is 28.7 Å². The summed E-state index contributed by atoms with van der Waals surface area (Å²) in [5.41, 5.74) is 1.56. The zero-order valence-electron chi connectivity index (χ0n) is 10.3. The zero-order chi connectivity index (χ0) is 12.0. The Morgan fingerprint density at radius 3 is 2.25 bits per heavy atom. The molecule has 0 amide bonds. The topological polar surface area (TPSA) is 24.1 Å². The van der Waals surface area contributed by atoms with Gasteiger partial charge < -0.3 is 10.6 Å². The molecule has 90 valence electrons. The summed E-state index contributed by atoms with van der Waals surface area (Å²) in [6, 6.07) is 8.63. The third-order valence-electron chi connectivity index (χ3n) is 2.20. The Morgan fingerprint density at radius 2 is 1.69 bits per heavy atom. The largest absolute Gasteiger partial charge is 0.311 e. The second-order valence-corrected chi connectivity index (χ2v) is 6.23. The monoisotopic (exact) mass is 332 g/mol. The Kier molecular flexibility index (Phi) is 5.72. The van der Waals surface area contributed by atoms with Gasteiger partial charge in [-0.05, 0) is 61.1 Å². The molecule has 1 rings (SSSR count). The van der Waals surface area contributed by atoms with E-state index in [1.807, 2.05) is 0 Å². The van der Waals surface area contributed by atoms with E-state index in [9.17, 15) is 0 Å². The summed E-state index contributed by atoms with van der Waals surface area (Å²) in [4.78, 5) is 0. The van der Waals surface area contributed by atoms with Crippen LogP contribution in [0.15, 0.2) is 24.3 Å². The van der Waals surface area contributed by atoms with E-state index in [2.05, 4.69) is 78.3 Å². The lowest BCUT2D eigenvalue weighted by Crippen LogP contribution is -2.40. The average molecular weight is 332 g/mol. The molecule has 0 aliphatic rings. The van der Waals surface area contributed by atoms with Crippen molar-refractivity contribution in [3.05, 3.63) is 33.4 Å². The first-order valence-corrected chi connectivity index (χ1v) is 6.75. The average Bonchev–Trinajstić information content (AvgIpc) is 2.19. The Morgan fingerprint density at radius 1 is 1.06 bits per heavy atom. The van der Waals surface area contributed by atoms with E-state index in [0.717, 1.165) is 19.6 Å². The predicted octanol–water partition coefficient (Wildman–Crippen LogP) is 2.77. The number of rotatable bonds is 5. The maximum atomic E-state index is 3.45. The molecule has 0 radical (unpaired) electrons. The molecule has 1 aromatic carbocycles. The van der Waals surface area contributed by atoms with Crippen molar-refractivity contribution >= 4 is 22.6 Å². The number of hydrogen-bond acceptors (Lipinski definition) is 2. The molecule has 16 heavy (non-hydrogen) atoms. The van der Waals surface area contributed by atoms with Crippen molar-refractivity contribution in [2.24, 2.45) is 0 Å². The number of hydrogen-bond donors (Lipinski definition) is 2. The van der Waals surface area contributed by atoms with Gasteiger partial charge in [0.15, 0.2) is 0 Å². The van der Waals surface area contributed by atoms with E-state index in [1.54, 1.807) is 0 Å². The van der Waals surface area contributed by atoms with Crippen molar-refractivity contribution in [1.82, 2.24) is 10.6 Å². The minimum absolute atomic E-state index is 0.213. The van der Waals surface area contributed by atoms with Gasteiger partial charge in [-0.2, -0.15) is 0 Å². The maximum Gasteiger partial charge on any atom is 0.0206 e. The van der Waals surface area contributed by atoms with Gasteiger partial charge in [-0.25, -0.2) is 0 Å². The fraction of sp³-hybridized carbons (Fsp3) is 0.538. The van der Waals surface area contributed by atoms with Crippen LogP contribution in [-0.4, -0.2) is 18.6 Å². The van der Waals surface area contributed by atoms with Gasteiger partial charge in [0.1, 0.15) is 0 Å². The van der Waals surface area contributed by atoms with Crippen molar-refractivity contribution in [1.29, 1.82) is 0 Å². The van der Waals surface area contributed by atoms with E-state index >= 15 is 0 Å². The first-order valence-electron chi connectivity index (χ1n) is 5.67. The molecule has 0 saturated carbocycles.